The molecule has 0 amide bonds. The second-order valence-corrected chi connectivity index (χ2v) is 36.9. The number of benzene rings is 10. The van der Waals surface area contributed by atoms with Gasteiger partial charge in [0.2, 0.25) is 0 Å². The molecule has 0 saturated carbocycles. The molecule has 0 spiro atoms. The third-order valence-electron chi connectivity index (χ3n) is 17.2. The van der Waals surface area contributed by atoms with Crippen molar-refractivity contribution >= 4 is 105 Å². The van der Waals surface area contributed by atoms with Gasteiger partial charge >= 0.3 is 0 Å². The second-order valence-electron chi connectivity index (χ2n) is 26.7. The lowest BCUT2D eigenvalue weighted by Gasteiger charge is -2.36. The molecule has 10 aromatic carbocycles. The number of rotatable bonds is 10. The molecule has 0 atom stereocenters. The van der Waals surface area contributed by atoms with Crippen LogP contribution in [-0.4, -0.2) is 16.1 Å². The lowest BCUT2D eigenvalue weighted by molar-refractivity contribution is 0.590. The number of anilines is 6. The molecule has 408 valence electrons. The molecule has 82 heavy (non-hydrogen) atoms. The summed E-state index contributed by atoms with van der Waals surface area (Å²) in [5.41, 5.74) is 16.3. The van der Waals surface area contributed by atoms with Crippen molar-refractivity contribution in [3.63, 3.8) is 0 Å². The summed E-state index contributed by atoms with van der Waals surface area (Å²) >= 11 is 0. The van der Waals surface area contributed by atoms with Crippen LogP contribution in [0.5, 0.6) is 0 Å². The maximum atomic E-state index is 16.2. The first-order valence-electron chi connectivity index (χ1n) is 28.9. The zero-order chi connectivity index (χ0) is 57.3. The number of halogens is 1. The number of fused-ring (bicyclic) bond motifs is 11. The molecule has 7 heteroatoms. The van der Waals surface area contributed by atoms with Crippen LogP contribution in [-0.2, 0) is 16.2 Å². The highest BCUT2D eigenvalue weighted by atomic mass is 28.3. The molecule has 13 rings (SSSR count). The minimum absolute atomic E-state index is 0.0454. The smallest absolute Gasteiger partial charge is 0.145 e. The second kappa shape index (κ2) is 19.2. The van der Waals surface area contributed by atoms with Crippen LogP contribution in [0.3, 0.4) is 0 Å². The standard InChI is InChI=1S/C75H71FN2O2Si2/c1-73(2,3)48-27-32-53(33-28-48)77(55-36-40-57(41-37-55)81(7,8)9)63-46-61-69(71-67(63)59-25-19-20-26-65(59)79-71)70-62(75(61,50-21-15-13-16-22-50)51-23-17-14-18-24-51)47-64(68-60-45-52(76)31-44-66(60)80-72(68)70)78(54-34-29-49(30-35-54)74(4,5)6)56-38-42-58(43-39-56)82(10,11)12/h13-47H,1-12H3. The van der Waals surface area contributed by atoms with E-state index in [2.05, 4.69) is 285 Å². The Morgan fingerprint density at radius 2 is 0.756 bits per heavy atom. The van der Waals surface area contributed by atoms with E-state index in [9.17, 15) is 0 Å². The topological polar surface area (TPSA) is 32.8 Å². The van der Waals surface area contributed by atoms with Gasteiger partial charge in [0.05, 0.1) is 43.7 Å². The van der Waals surface area contributed by atoms with E-state index >= 15 is 4.39 Å². The summed E-state index contributed by atoms with van der Waals surface area (Å²) in [6.45, 7) is 28.0. The Kier molecular flexibility index (Phi) is 12.4. The molecular weight excluding hydrogens is 1040 g/mol. The molecule has 0 unspecified atom stereocenters. The zero-order valence-corrected chi connectivity index (χ0v) is 51.3. The van der Waals surface area contributed by atoms with Crippen molar-refractivity contribution in [1.82, 2.24) is 0 Å². The average Bonchev–Trinajstić information content (AvgIpc) is 1.64. The van der Waals surface area contributed by atoms with Crippen LogP contribution in [0.25, 0.3) is 55.0 Å². The Morgan fingerprint density at radius 3 is 1.16 bits per heavy atom. The highest BCUT2D eigenvalue weighted by Gasteiger charge is 2.51. The van der Waals surface area contributed by atoms with E-state index in [1.807, 2.05) is 0 Å². The molecule has 0 N–H and O–H groups in total. The van der Waals surface area contributed by atoms with Crippen LogP contribution in [0.4, 0.5) is 38.5 Å². The van der Waals surface area contributed by atoms with E-state index in [4.69, 9.17) is 8.83 Å². The van der Waals surface area contributed by atoms with Crippen molar-refractivity contribution in [2.45, 2.75) is 97.1 Å². The molecule has 0 aliphatic heterocycles. The SMILES string of the molecule is CC(C)(C)c1ccc(N(c2ccc([Si](C)(C)C)cc2)c2cc3c(c4oc5ccccc5c24)-c2c(cc(N(c4ccc(C(C)(C)C)cc4)c4ccc([Si](C)(C)C)cc4)c4c2oc2ccc(F)cc24)C3(c2ccccc2)c2ccccc2)cc1. The van der Waals surface area contributed by atoms with Crippen LogP contribution in [0, 0.1) is 5.82 Å². The molecule has 12 aromatic rings. The Morgan fingerprint density at radius 1 is 0.390 bits per heavy atom. The first kappa shape index (κ1) is 53.1. The van der Waals surface area contributed by atoms with Gasteiger partial charge in [-0.2, -0.15) is 0 Å². The summed E-state index contributed by atoms with van der Waals surface area (Å²) < 4.78 is 31.2. The molecule has 4 nitrogen and oxygen atoms in total. The van der Waals surface area contributed by atoms with Crippen molar-refractivity contribution in [3.05, 3.63) is 252 Å². The minimum atomic E-state index is -1.70. The molecule has 0 radical (unpaired) electrons. The summed E-state index contributed by atoms with van der Waals surface area (Å²) in [6.07, 6.45) is 0. The Balaban J connectivity index is 1.22. The van der Waals surface area contributed by atoms with Gasteiger partial charge in [-0.15, -0.1) is 0 Å². The van der Waals surface area contributed by atoms with Crippen molar-refractivity contribution in [2.75, 3.05) is 9.80 Å². The molecule has 0 saturated heterocycles. The van der Waals surface area contributed by atoms with Crippen molar-refractivity contribution in [3.8, 4) is 11.1 Å². The van der Waals surface area contributed by atoms with Crippen LogP contribution in [0.15, 0.2) is 221 Å². The molecule has 1 aliphatic carbocycles. The highest BCUT2D eigenvalue weighted by Crippen LogP contribution is 2.64. The lowest BCUT2D eigenvalue weighted by atomic mass is 9.67. The summed E-state index contributed by atoms with van der Waals surface area (Å²) in [5, 5.41) is 6.29. The number of hydrogen-bond donors (Lipinski definition) is 0. The fraction of sp³-hybridized carbons (Fsp3) is 0.200. The third kappa shape index (κ3) is 8.66. The predicted octanol–water partition coefficient (Wildman–Crippen LogP) is 20.6. The van der Waals surface area contributed by atoms with E-state index in [0.29, 0.717) is 16.6 Å². The predicted molar refractivity (Wildman–Crippen MR) is 351 cm³/mol. The van der Waals surface area contributed by atoms with Crippen LogP contribution in [0.2, 0.25) is 39.3 Å². The van der Waals surface area contributed by atoms with E-state index < -0.39 is 21.6 Å². The molecule has 0 bridgehead atoms. The van der Waals surface area contributed by atoms with Crippen LogP contribution < -0.4 is 20.2 Å². The lowest BCUT2D eigenvalue weighted by Crippen LogP contribution is -2.37. The summed E-state index contributed by atoms with van der Waals surface area (Å²) in [7, 11) is -3.37. The van der Waals surface area contributed by atoms with Crippen molar-refractivity contribution in [2.24, 2.45) is 0 Å². The first-order valence-corrected chi connectivity index (χ1v) is 35.9. The van der Waals surface area contributed by atoms with E-state index in [1.165, 1.54) is 27.6 Å². The van der Waals surface area contributed by atoms with E-state index in [-0.39, 0.29) is 16.6 Å². The van der Waals surface area contributed by atoms with Crippen LogP contribution >= 0.6 is 0 Å². The minimum Gasteiger partial charge on any atom is -0.455 e. The number of nitrogens with zero attached hydrogens (tertiary/aromatic N) is 2. The first-order chi connectivity index (χ1) is 39.1. The molecular formula is C75H71FN2O2Si2. The molecule has 1 aliphatic rings. The van der Waals surface area contributed by atoms with Gasteiger partial charge in [0, 0.05) is 44.6 Å². The number of hydrogen-bond acceptors (Lipinski definition) is 4. The van der Waals surface area contributed by atoms with Crippen molar-refractivity contribution in [1.29, 1.82) is 0 Å². The summed E-state index contributed by atoms with van der Waals surface area (Å²) in [6, 6.07) is 76.9. The van der Waals surface area contributed by atoms with Gasteiger partial charge < -0.3 is 18.6 Å². The fourth-order valence-corrected chi connectivity index (χ4v) is 15.2. The Bertz CT molecular complexity index is 4250. The van der Waals surface area contributed by atoms with Crippen LogP contribution in [0.1, 0.15) is 74.9 Å². The van der Waals surface area contributed by atoms with E-state index in [1.54, 1.807) is 12.1 Å². The fourth-order valence-electron chi connectivity index (χ4n) is 12.8. The average molecular weight is 1110 g/mol. The largest absolute Gasteiger partial charge is 0.455 e. The van der Waals surface area contributed by atoms with Gasteiger partial charge in [-0.3, -0.25) is 0 Å². The molecule has 0 fully saturated rings. The number of para-hydroxylation sites is 1. The van der Waals surface area contributed by atoms with Gasteiger partial charge in [-0.1, -0.05) is 219 Å². The maximum Gasteiger partial charge on any atom is 0.145 e. The third-order valence-corrected chi connectivity index (χ3v) is 21.4. The quantitative estimate of drug-likeness (QED) is 0.128. The zero-order valence-electron chi connectivity index (χ0n) is 49.3. The van der Waals surface area contributed by atoms with Gasteiger partial charge in [0.15, 0.2) is 0 Å². The van der Waals surface area contributed by atoms with Crippen molar-refractivity contribution < 1.29 is 13.2 Å². The Hall–Kier alpha value is -8.24. The normalized spacial score (nSPS) is 13.5. The Labute approximate surface area is 484 Å². The molecule has 2 aromatic heterocycles. The van der Waals surface area contributed by atoms with E-state index in [0.717, 1.165) is 94.8 Å². The monoisotopic (exact) mass is 1110 g/mol. The summed E-state index contributed by atoms with van der Waals surface area (Å²) in [5.74, 6) is -0.330. The maximum absolute atomic E-state index is 16.2. The van der Waals surface area contributed by atoms with Gasteiger partial charge in [0.1, 0.15) is 28.1 Å². The van der Waals surface area contributed by atoms with Gasteiger partial charge in [0.25, 0.3) is 0 Å². The van der Waals surface area contributed by atoms with Gasteiger partial charge in [-0.25, -0.2) is 4.39 Å². The van der Waals surface area contributed by atoms with Gasteiger partial charge in [-0.05, 0) is 129 Å². The number of furan rings is 2. The summed E-state index contributed by atoms with van der Waals surface area (Å²) in [4.78, 5) is 4.83. The highest BCUT2D eigenvalue weighted by molar-refractivity contribution is 6.89. The molecule has 2 heterocycles.